The average molecular weight is 431 g/mol. The summed E-state index contributed by atoms with van der Waals surface area (Å²) in [5.74, 6) is -4.31. The lowest BCUT2D eigenvalue weighted by molar-refractivity contribution is -0.143. The van der Waals surface area contributed by atoms with Crippen molar-refractivity contribution in [3.8, 4) is 0 Å². The Bertz CT molecular complexity index is 614. The first-order valence-electron chi connectivity index (χ1n) is 9.87. The standard InChI is InChI=1S/C18H34N6O6/c1-3-10(2)15(21)17(28)22-9-14(26)23-11(6-4-5-7-19)16(27)24-12(18(29)30)8-13(20)25/h10-12,15H,3-9,19,21H2,1-2H3,(H2,20,25)(H,22,28)(H,23,26)(H,24,27)(H,29,30). The number of primary amides is 1. The summed E-state index contributed by atoms with van der Waals surface area (Å²) < 4.78 is 0. The minimum Gasteiger partial charge on any atom is -0.480 e. The van der Waals surface area contributed by atoms with Crippen LogP contribution in [0.5, 0.6) is 0 Å². The van der Waals surface area contributed by atoms with E-state index >= 15 is 0 Å². The molecule has 172 valence electrons. The summed E-state index contributed by atoms with van der Waals surface area (Å²) in [6.45, 7) is 3.68. The smallest absolute Gasteiger partial charge is 0.326 e. The van der Waals surface area contributed by atoms with Crippen LogP contribution in [0.4, 0.5) is 0 Å². The van der Waals surface area contributed by atoms with E-state index in [1.54, 1.807) is 0 Å². The van der Waals surface area contributed by atoms with Crippen molar-refractivity contribution in [3.63, 3.8) is 0 Å². The maximum Gasteiger partial charge on any atom is 0.326 e. The summed E-state index contributed by atoms with van der Waals surface area (Å²) in [5.41, 5.74) is 16.2. The third-order valence-corrected chi connectivity index (χ3v) is 4.60. The molecule has 0 bridgehead atoms. The quantitative estimate of drug-likeness (QED) is 0.138. The van der Waals surface area contributed by atoms with Crippen molar-refractivity contribution in [1.82, 2.24) is 16.0 Å². The number of rotatable bonds is 15. The number of carbonyl (C=O) groups is 5. The van der Waals surface area contributed by atoms with Crippen molar-refractivity contribution < 1.29 is 29.1 Å². The van der Waals surface area contributed by atoms with Crippen LogP contribution in [0.2, 0.25) is 0 Å². The maximum absolute atomic E-state index is 12.5. The Kier molecular flexibility index (Phi) is 13.0. The number of unbranched alkanes of at least 4 members (excludes halogenated alkanes) is 1. The van der Waals surface area contributed by atoms with E-state index in [9.17, 15) is 24.0 Å². The molecule has 0 aromatic heterocycles. The van der Waals surface area contributed by atoms with E-state index < -0.39 is 60.7 Å². The fourth-order valence-electron chi connectivity index (χ4n) is 2.48. The van der Waals surface area contributed by atoms with Gasteiger partial charge >= 0.3 is 5.97 Å². The second kappa shape index (κ2) is 14.3. The lowest BCUT2D eigenvalue weighted by Gasteiger charge is -2.22. The lowest BCUT2D eigenvalue weighted by atomic mass is 9.99. The van der Waals surface area contributed by atoms with Gasteiger partial charge in [-0.25, -0.2) is 4.79 Å². The molecule has 0 fully saturated rings. The molecule has 0 heterocycles. The molecule has 0 rings (SSSR count). The fourth-order valence-corrected chi connectivity index (χ4v) is 2.48. The Hall–Kier alpha value is -2.73. The van der Waals surface area contributed by atoms with Gasteiger partial charge in [0.2, 0.25) is 23.6 Å². The Morgan fingerprint density at radius 1 is 1.00 bits per heavy atom. The van der Waals surface area contributed by atoms with E-state index in [-0.39, 0.29) is 12.3 Å². The molecule has 4 unspecified atom stereocenters. The highest BCUT2D eigenvalue weighted by molar-refractivity contribution is 5.93. The van der Waals surface area contributed by atoms with Gasteiger partial charge in [0.15, 0.2) is 0 Å². The van der Waals surface area contributed by atoms with Gasteiger partial charge in [-0.1, -0.05) is 20.3 Å². The van der Waals surface area contributed by atoms with Gasteiger partial charge in [-0.2, -0.15) is 0 Å². The first-order chi connectivity index (χ1) is 14.0. The van der Waals surface area contributed by atoms with Crippen LogP contribution in [0.1, 0.15) is 46.0 Å². The highest BCUT2D eigenvalue weighted by Crippen LogP contribution is 2.05. The van der Waals surface area contributed by atoms with Crippen molar-refractivity contribution in [2.75, 3.05) is 13.1 Å². The van der Waals surface area contributed by atoms with Crippen molar-refractivity contribution >= 4 is 29.6 Å². The molecule has 12 nitrogen and oxygen atoms in total. The monoisotopic (exact) mass is 430 g/mol. The number of hydrogen-bond donors (Lipinski definition) is 7. The third kappa shape index (κ3) is 10.7. The Balaban J connectivity index is 4.96. The van der Waals surface area contributed by atoms with Crippen molar-refractivity contribution in [2.45, 2.75) is 64.1 Å². The van der Waals surface area contributed by atoms with Crippen LogP contribution in [0.15, 0.2) is 0 Å². The second-order valence-electron chi connectivity index (χ2n) is 7.10. The molecule has 0 aromatic carbocycles. The van der Waals surface area contributed by atoms with Gasteiger partial charge < -0.3 is 38.3 Å². The molecule has 4 atom stereocenters. The molecule has 12 heteroatoms. The minimum absolute atomic E-state index is 0.0685. The second-order valence-corrected chi connectivity index (χ2v) is 7.10. The SMILES string of the molecule is CCC(C)C(N)C(=O)NCC(=O)NC(CCCCN)C(=O)NC(CC(N)=O)C(=O)O. The molecule has 0 spiro atoms. The summed E-state index contributed by atoms with van der Waals surface area (Å²) in [4.78, 5) is 58.9. The molecule has 10 N–H and O–H groups in total. The molecule has 0 saturated carbocycles. The molecule has 4 amide bonds. The number of amides is 4. The average Bonchev–Trinajstić information content (AvgIpc) is 2.69. The number of aliphatic carboxylic acids is 1. The summed E-state index contributed by atoms with van der Waals surface area (Å²) in [5, 5.41) is 16.2. The molecule has 0 aliphatic rings. The first-order valence-corrected chi connectivity index (χ1v) is 9.87. The van der Waals surface area contributed by atoms with Gasteiger partial charge in [-0.15, -0.1) is 0 Å². The van der Waals surface area contributed by atoms with Crippen LogP contribution >= 0.6 is 0 Å². The van der Waals surface area contributed by atoms with Gasteiger partial charge in [0, 0.05) is 0 Å². The number of nitrogens with one attached hydrogen (secondary N) is 3. The molecular formula is C18H34N6O6. The highest BCUT2D eigenvalue weighted by atomic mass is 16.4. The van der Waals surface area contributed by atoms with E-state index in [4.69, 9.17) is 22.3 Å². The van der Waals surface area contributed by atoms with Crippen molar-refractivity contribution in [2.24, 2.45) is 23.1 Å². The Morgan fingerprint density at radius 3 is 2.13 bits per heavy atom. The zero-order valence-corrected chi connectivity index (χ0v) is 17.5. The summed E-state index contributed by atoms with van der Waals surface area (Å²) >= 11 is 0. The van der Waals surface area contributed by atoms with Gasteiger partial charge in [0.1, 0.15) is 12.1 Å². The van der Waals surface area contributed by atoms with Crippen LogP contribution in [0, 0.1) is 5.92 Å². The van der Waals surface area contributed by atoms with E-state index in [1.165, 1.54) is 0 Å². The van der Waals surface area contributed by atoms with E-state index in [1.807, 2.05) is 13.8 Å². The van der Waals surface area contributed by atoms with E-state index in [2.05, 4.69) is 16.0 Å². The fraction of sp³-hybridized carbons (Fsp3) is 0.722. The summed E-state index contributed by atoms with van der Waals surface area (Å²) in [6.07, 6.45) is 1.38. The van der Waals surface area contributed by atoms with Gasteiger partial charge in [0.05, 0.1) is 19.0 Å². The number of hydrogen-bond acceptors (Lipinski definition) is 7. The number of nitrogens with two attached hydrogens (primary N) is 3. The first kappa shape index (κ1) is 27.3. The molecule has 0 saturated heterocycles. The summed E-state index contributed by atoms with van der Waals surface area (Å²) in [7, 11) is 0. The van der Waals surface area contributed by atoms with Crippen LogP contribution in [-0.4, -0.2) is 65.9 Å². The Labute approximate surface area is 175 Å². The Morgan fingerprint density at radius 2 is 1.63 bits per heavy atom. The molecule has 0 aliphatic heterocycles. The predicted molar refractivity (Wildman–Crippen MR) is 109 cm³/mol. The minimum atomic E-state index is -1.52. The highest BCUT2D eigenvalue weighted by Gasteiger charge is 2.28. The normalized spacial score (nSPS) is 14.7. The zero-order chi connectivity index (χ0) is 23.3. The van der Waals surface area contributed by atoms with Gasteiger partial charge in [-0.05, 0) is 31.7 Å². The van der Waals surface area contributed by atoms with Crippen LogP contribution in [0.25, 0.3) is 0 Å². The number of carbonyl (C=O) groups excluding carboxylic acids is 4. The van der Waals surface area contributed by atoms with Crippen LogP contribution in [0.3, 0.4) is 0 Å². The zero-order valence-electron chi connectivity index (χ0n) is 17.5. The van der Waals surface area contributed by atoms with E-state index in [0.29, 0.717) is 25.8 Å². The molecule has 0 radical (unpaired) electrons. The summed E-state index contributed by atoms with van der Waals surface area (Å²) in [6, 6.07) is -3.35. The largest absolute Gasteiger partial charge is 0.480 e. The van der Waals surface area contributed by atoms with Crippen molar-refractivity contribution in [3.05, 3.63) is 0 Å². The predicted octanol–water partition coefficient (Wildman–Crippen LogP) is -2.47. The maximum atomic E-state index is 12.5. The van der Waals surface area contributed by atoms with Crippen LogP contribution < -0.4 is 33.2 Å². The van der Waals surface area contributed by atoms with Gasteiger partial charge in [0.25, 0.3) is 0 Å². The molecule has 0 aromatic rings. The van der Waals surface area contributed by atoms with E-state index in [0.717, 1.165) is 0 Å². The van der Waals surface area contributed by atoms with Gasteiger partial charge in [-0.3, -0.25) is 19.2 Å². The molecule has 0 aliphatic carbocycles. The van der Waals surface area contributed by atoms with Crippen molar-refractivity contribution in [1.29, 1.82) is 0 Å². The topological polar surface area (TPSA) is 220 Å². The number of carboxylic acid groups (broad SMARTS) is 1. The lowest BCUT2D eigenvalue weighted by Crippen LogP contribution is -2.54. The molecular weight excluding hydrogens is 396 g/mol. The molecule has 30 heavy (non-hydrogen) atoms. The number of carboxylic acids is 1. The third-order valence-electron chi connectivity index (χ3n) is 4.60. The van der Waals surface area contributed by atoms with Crippen LogP contribution in [-0.2, 0) is 24.0 Å².